The predicted octanol–water partition coefficient (Wildman–Crippen LogP) is 5.45. The van der Waals surface area contributed by atoms with E-state index in [2.05, 4.69) is 15.9 Å². The Kier molecular flexibility index (Phi) is 6.40. The fourth-order valence-electron chi connectivity index (χ4n) is 3.64. The van der Waals surface area contributed by atoms with Gasteiger partial charge in [0.25, 0.3) is 0 Å². The molecule has 0 radical (unpaired) electrons. The van der Waals surface area contributed by atoms with Gasteiger partial charge in [0.1, 0.15) is 0 Å². The average molecular weight is 485 g/mol. The summed E-state index contributed by atoms with van der Waals surface area (Å²) in [6.07, 6.45) is -3.53. The minimum Gasteiger partial charge on any atom is -0.481 e. The van der Waals surface area contributed by atoms with Gasteiger partial charge in [0.2, 0.25) is 0 Å². The van der Waals surface area contributed by atoms with E-state index in [0.717, 1.165) is 12.1 Å². The Hall–Kier alpha value is -2.55. The SMILES string of the molecule is CCCC(CC(=O)O)n1c(=O)n(Cc2cc(C(F)(F)F)ccc2Br)c2ccccc21. The first-order valence-electron chi connectivity index (χ1n) is 9.40. The summed E-state index contributed by atoms with van der Waals surface area (Å²) in [6.45, 7) is 1.82. The summed E-state index contributed by atoms with van der Waals surface area (Å²) in [5, 5.41) is 9.29. The van der Waals surface area contributed by atoms with Crippen molar-refractivity contribution in [2.24, 2.45) is 0 Å². The number of aromatic nitrogens is 2. The van der Waals surface area contributed by atoms with Crippen molar-refractivity contribution >= 4 is 32.9 Å². The number of carboxylic acids is 1. The first-order chi connectivity index (χ1) is 14.1. The number of imidazole rings is 1. The third-order valence-corrected chi connectivity index (χ3v) is 5.74. The zero-order valence-electron chi connectivity index (χ0n) is 16.1. The smallest absolute Gasteiger partial charge is 0.416 e. The summed E-state index contributed by atoms with van der Waals surface area (Å²) in [5.41, 5.74) is 0.163. The molecule has 0 spiro atoms. The van der Waals surface area contributed by atoms with Gasteiger partial charge < -0.3 is 5.11 Å². The van der Waals surface area contributed by atoms with Gasteiger partial charge in [-0.1, -0.05) is 41.4 Å². The zero-order chi connectivity index (χ0) is 22.1. The number of hydrogen-bond acceptors (Lipinski definition) is 2. The molecule has 1 unspecified atom stereocenters. The molecule has 3 aromatic rings. The van der Waals surface area contributed by atoms with Gasteiger partial charge in [-0.15, -0.1) is 0 Å². The molecule has 2 aromatic carbocycles. The molecule has 0 aliphatic heterocycles. The highest BCUT2D eigenvalue weighted by Crippen LogP contribution is 2.32. The largest absolute Gasteiger partial charge is 0.481 e. The lowest BCUT2D eigenvalue weighted by atomic mass is 10.1. The molecule has 1 N–H and O–H groups in total. The van der Waals surface area contributed by atoms with Gasteiger partial charge in [0, 0.05) is 10.5 Å². The van der Waals surface area contributed by atoms with E-state index in [-0.39, 0.29) is 13.0 Å². The Labute approximate surface area is 178 Å². The average Bonchev–Trinajstić information content (AvgIpc) is 2.93. The van der Waals surface area contributed by atoms with Crippen LogP contribution in [0.2, 0.25) is 0 Å². The van der Waals surface area contributed by atoms with Crippen molar-refractivity contribution in [1.29, 1.82) is 0 Å². The van der Waals surface area contributed by atoms with Gasteiger partial charge in [-0.2, -0.15) is 13.2 Å². The molecule has 1 atom stereocenters. The second-order valence-corrected chi connectivity index (χ2v) is 7.93. The molecule has 30 heavy (non-hydrogen) atoms. The van der Waals surface area contributed by atoms with Gasteiger partial charge in [-0.3, -0.25) is 13.9 Å². The normalized spacial score (nSPS) is 13.0. The maximum absolute atomic E-state index is 13.3. The molecule has 0 amide bonds. The molecule has 0 bridgehead atoms. The van der Waals surface area contributed by atoms with Crippen molar-refractivity contribution in [3.8, 4) is 0 Å². The highest BCUT2D eigenvalue weighted by molar-refractivity contribution is 9.10. The van der Waals surface area contributed by atoms with Crippen LogP contribution in [0.25, 0.3) is 11.0 Å². The zero-order valence-corrected chi connectivity index (χ0v) is 17.7. The number of alkyl halides is 3. The molecule has 0 fully saturated rings. The number of hydrogen-bond donors (Lipinski definition) is 1. The third-order valence-electron chi connectivity index (χ3n) is 4.97. The van der Waals surface area contributed by atoms with Gasteiger partial charge in [-0.25, -0.2) is 4.79 Å². The number of rotatable bonds is 7. The molecule has 9 heteroatoms. The number of nitrogens with zero attached hydrogens (tertiary/aromatic N) is 2. The molecule has 0 saturated carbocycles. The molecule has 160 valence electrons. The van der Waals surface area contributed by atoms with Crippen LogP contribution in [0.3, 0.4) is 0 Å². The number of fused-ring (bicyclic) bond motifs is 1. The minimum atomic E-state index is -4.50. The molecular formula is C21H20BrF3N2O3. The number of carbonyl (C=O) groups is 1. The number of benzene rings is 2. The predicted molar refractivity (Wildman–Crippen MR) is 111 cm³/mol. The summed E-state index contributed by atoms with van der Waals surface area (Å²) in [6, 6.07) is 9.66. The van der Waals surface area contributed by atoms with Crippen LogP contribution >= 0.6 is 15.9 Å². The lowest BCUT2D eigenvalue weighted by Gasteiger charge is -2.16. The summed E-state index contributed by atoms with van der Waals surface area (Å²) < 4.78 is 42.7. The molecule has 0 saturated heterocycles. The van der Waals surface area contributed by atoms with E-state index in [1.54, 1.807) is 24.3 Å². The number of aliphatic carboxylic acids is 1. The van der Waals surface area contributed by atoms with Crippen LogP contribution < -0.4 is 5.69 Å². The Morgan fingerprint density at radius 2 is 1.83 bits per heavy atom. The van der Waals surface area contributed by atoms with Crippen molar-refractivity contribution in [3.63, 3.8) is 0 Å². The summed E-state index contributed by atoms with van der Waals surface area (Å²) in [7, 11) is 0. The van der Waals surface area contributed by atoms with E-state index in [9.17, 15) is 27.9 Å². The van der Waals surface area contributed by atoms with Gasteiger partial charge in [0.05, 0.1) is 29.6 Å². The van der Waals surface area contributed by atoms with Crippen LogP contribution in [0.15, 0.2) is 51.7 Å². The van der Waals surface area contributed by atoms with E-state index in [1.165, 1.54) is 15.2 Å². The van der Waals surface area contributed by atoms with E-state index in [4.69, 9.17) is 0 Å². The summed E-state index contributed by atoms with van der Waals surface area (Å²) in [4.78, 5) is 24.6. The van der Waals surface area contributed by atoms with Crippen LogP contribution in [0, 0.1) is 0 Å². The molecule has 0 aliphatic rings. The van der Waals surface area contributed by atoms with Gasteiger partial charge in [0.15, 0.2) is 0 Å². The van der Waals surface area contributed by atoms with Crippen molar-refractivity contribution in [2.45, 2.75) is 44.9 Å². The molecule has 1 heterocycles. The van der Waals surface area contributed by atoms with Gasteiger partial charge >= 0.3 is 17.8 Å². The van der Waals surface area contributed by atoms with E-state index in [1.807, 2.05) is 6.92 Å². The lowest BCUT2D eigenvalue weighted by Crippen LogP contribution is -2.29. The van der Waals surface area contributed by atoms with Crippen molar-refractivity contribution in [1.82, 2.24) is 9.13 Å². The Morgan fingerprint density at radius 1 is 1.17 bits per heavy atom. The molecule has 3 rings (SSSR count). The standard InChI is InChI=1S/C21H20BrF3N2O3/c1-2-5-15(11-19(28)29)27-18-7-4-3-6-17(18)26(20(27)30)12-13-10-14(21(23,24)25)8-9-16(13)22/h3-4,6-10,15H,2,5,11-12H2,1H3,(H,28,29). The number of para-hydroxylation sites is 2. The van der Waals surface area contributed by atoms with Crippen molar-refractivity contribution < 1.29 is 23.1 Å². The second kappa shape index (κ2) is 8.67. The number of halogens is 4. The van der Waals surface area contributed by atoms with Crippen molar-refractivity contribution in [2.75, 3.05) is 0 Å². The Balaban J connectivity index is 2.16. The van der Waals surface area contributed by atoms with Crippen LogP contribution in [-0.2, 0) is 17.5 Å². The molecular weight excluding hydrogens is 465 g/mol. The molecule has 0 aliphatic carbocycles. The minimum absolute atomic E-state index is 0.0806. The topological polar surface area (TPSA) is 64.2 Å². The van der Waals surface area contributed by atoms with Crippen molar-refractivity contribution in [3.05, 3.63) is 68.5 Å². The Bertz CT molecular complexity index is 1130. The monoisotopic (exact) mass is 484 g/mol. The molecule has 5 nitrogen and oxygen atoms in total. The summed E-state index contributed by atoms with van der Waals surface area (Å²) in [5.74, 6) is -1.02. The lowest BCUT2D eigenvalue weighted by molar-refractivity contribution is -0.138. The van der Waals surface area contributed by atoms with E-state index >= 15 is 0 Å². The second-order valence-electron chi connectivity index (χ2n) is 7.07. The van der Waals surface area contributed by atoms with E-state index < -0.39 is 29.4 Å². The van der Waals surface area contributed by atoms with Crippen LogP contribution in [0.4, 0.5) is 13.2 Å². The first-order valence-corrected chi connectivity index (χ1v) is 10.2. The van der Waals surface area contributed by atoms with Crippen LogP contribution in [-0.4, -0.2) is 20.2 Å². The third kappa shape index (κ3) is 4.45. The quantitative estimate of drug-likeness (QED) is 0.484. The Morgan fingerprint density at radius 3 is 2.43 bits per heavy atom. The van der Waals surface area contributed by atoms with Gasteiger partial charge in [-0.05, 0) is 42.3 Å². The molecule has 1 aromatic heterocycles. The fourth-order valence-corrected chi connectivity index (χ4v) is 4.01. The highest BCUT2D eigenvalue weighted by Gasteiger charge is 2.31. The fraction of sp³-hybridized carbons (Fsp3) is 0.333. The summed E-state index contributed by atoms with van der Waals surface area (Å²) >= 11 is 3.27. The maximum atomic E-state index is 13.3. The first kappa shape index (κ1) is 22.1. The van der Waals surface area contributed by atoms with Crippen LogP contribution in [0.1, 0.15) is 43.4 Å². The maximum Gasteiger partial charge on any atom is 0.416 e. The van der Waals surface area contributed by atoms with Crippen LogP contribution in [0.5, 0.6) is 0 Å². The highest BCUT2D eigenvalue weighted by atomic mass is 79.9. The number of carboxylic acid groups (broad SMARTS) is 1. The van der Waals surface area contributed by atoms with E-state index in [0.29, 0.717) is 33.9 Å².